The summed E-state index contributed by atoms with van der Waals surface area (Å²) in [6.07, 6.45) is 9.03. The number of hydrogen-bond acceptors (Lipinski definition) is 1. The van der Waals surface area contributed by atoms with Crippen LogP contribution in [0.4, 0.5) is 0 Å². The molecule has 0 saturated heterocycles. The van der Waals surface area contributed by atoms with Crippen LogP contribution >= 0.6 is 15.9 Å². The maximum absolute atomic E-state index is 11.7. The van der Waals surface area contributed by atoms with E-state index in [-0.39, 0.29) is 11.4 Å². The van der Waals surface area contributed by atoms with E-state index >= 15 is 0 Å². The van der Waals surface area contributed by atoms with Crippen molar-refractivity contribution >= 4 is 21.8 Å². The molecule has 0 aromatic carbocycles. The van der Waals surface area contributed by atoms with Gasteiger partial charge in [-0.2, -0.15) is 0 Å². The zero-order chi connectivity index (χ0) is 13.1. The second-order valence-corrected chi connectivity index (χ2v) is 5.67. The van der Waals surface area contributed by atoms with Crippen LogP contribution in [0.2, 0.25) is 0 Å². The predicted octanol–water partition coefficient (Wildman–Crippen LogP) is 4.42. The zero-order valence-corrected chi connectivity index (χ0v) is 13.2. The highest BCUT2D eigenvalue weighted by Crippen LogP contribution is 2.13. The van der Waals surface area contributed by atoms with Gasteiger partial charge in [0.1, 0.15) is 0 Å². The first kappa shape index (κ1) is 16.9. The molecule has 1 unspecified atom stereocenters. The third-order valence-electron chi connectivity index (χ3n) is 3.27. The summed E-state index contributed by atoms with van der Waals surface area (Å²) in [6, 6.07) is 0. The van der Waals surface area contributed by atoms with Crippen molar-refractivity contribution < 1.29 is 4.79 Å². The molecule has 3 heteroatoms. The second-order valence-electron chi connectivity index (χ2n) is 5.11. The van der Waals surface area contributed by atoms with Crippen LogP contribution in [0.5, 0.6) is 0 Å². The van der Waals surface area contributed by atoms with Crippen LogP contribution in [0.1, 0.15) is 72.1 Å². The molecule has 0 aliphatic heterocycles. The summed E-state index contributed by atoms with van der Waals surface area (Å²) in [5.41, 5.74) is -0.0840. The standard InChI is InChI=1S/C14H28BrNO/c1-4-6-7-8-9-10-11-13(17)16-14(3,5-2)12-15/h4-12H2,1-3H3,(H,16,17). The van der Waals surface area contributed by atoms with Crippen LogP contribution < -0.4 is 5.32 Å². The molecule has 102 valence electrons. The molecule has 0 saturated carbocycles. The van der Waals surface area contributed by atoms with Gasteiger partial charge in [0.05, 0.1) is 0 Å². The van der Waals surface area contributed by atoms with Gasteiger partial charge in [-0.25, -0.2) is 0 Å². The van der Waals surface area contributed by atoms with Crippen LogP contribution in [0.25, 0.3) is 0 Å². The Bertz CT molecular complexity index is 202. The van der Waals surface area contributed by atoms with Crippen LogP contribution in [0, 0.1) is 0 Å². The van der Waals surface area contributed by atoms with E-state index in [2.05, 4.69) is 42.0 Å². The molecule has 0 aliphatic rings. The van der Waals surface area contributed by atoms with Crippen molar-refractivity contribution in [2.24, 2.45) is 0 Å². The van der Waals surface area contributed by atoms with Crippen molar-refractivity contribution in [1.82, 2.24) is 5.32 Å². The molecule has 0 spiro atoms. The van der Waals surface area contributed by atoms with Gasteiger partial charge in [-0.3, -0.25) is 4.79 Å². The second kappa shape index (κ2) is 9.93. The van der Waals surface area contributed by atoms with E-state index in [1.807, 2.05) is 0 Å². The van der Waals surface area contributed by atoms with Crippen LogP contribution in [0.3, 0.4) is 0 Å². The smallest absolute Gasteiger partial charge is 0.220 e. The lowest BCUT2D eigenvalue weighted by molar-refractivity contribution is -0.122. The highest BCUT2D eigenvalue weighted by molar-refractivity contribution is 9.09. The molecule has 0 aliphatic carbocycles. The lowest BCUT2D eigenvalue weighted by Gasteiger charge is -2.27. The quantitative estimate of drug-likeness (QED) is 0.470. The third-order valence-corrected chi connectivity index (χ3v) is 4.51. The predicted molar refractivity (Wildman–Crippen MR) is 78.6 cm³/mol. The molecule has 1 atom stereocenters. The Morgan fingerprint density at radius 1 is 1.12 bits per heavy atom. The Hall–Kier alpha value is -0.0500. The zero-order valence-electron chi connectivity index (χ0n) is 11.7. The molecular formula is C14H28BrNO. The van der Waals surface area contributed by atoms with Gasteiger partial charge in [0.2, 0.25) is 5.91 Å². The topological polar surface area (TPSA) is 29.1 Å². The minimum absolute atomic E-state index is 0.0840. The van der Waals surface area contributed by atoms with Crippen LogP contribution in [0.15, 0.2) is 0 Å². The van der Waals surface area contributed by atoms with Crippen LogP contribution in [-0.2, 0) is 4.79 Å². The molecule has 1 amide bonds. The average molecular weight is 306 g/mol. The SMILES string of the molecule is CCCCCCCCC(=O)NC(C)(CC)CBr. The lowest BCUT2D eigenvalue weighted by atomic mass is 10.0. The molecule has 0 aromatic rings. The van der Waals surface area contributed by atoms with Crippen molar-refractivity contribution in [3.63, 3.8) is 0 Å². The minimum Gasteiger partial charge on any atom is -0.350 e. The summed E-state index contributed by atoms with van der Waals surface area (Å²) in [6.45, 7) is 6.41. The molecule has 0 fully saturated rings. The molecule has 1 N–H and O–H groups in total. The van der Waals surface area contributed by atoms with E-state index in [0.29, 0.717) is 6.42 Å². The molecular weight excluding hydrogens is 278 g/mol. The summed E-state index contributed by atoms with van der Waals surface area (Å²) in [5, 5.41) is 3.93. The van der Waals surface area contributed by atoms with Gasteiger partial charge in [-0.1, -0.05) is 61.9 Å². The first-order valence-corrected chi connectivity index (χ1v) is 8.07. The number of amides is 1. The first-order valence-electron chi connectivity index (χ1n) is 6.95. The summed E-state index contributed by atoms with van der Waals surface area (Å²) in [5.74, 6) is 0.198. The van der Waals surface area contributed by atoms with Crippen LogP contribution in [-0.4, -0.2) is 16.8 Å². The lowest BCUT2D eigenvalue weighted by Crippen LogP contribution is -2.46. The number of halogens is 1. The Labute approximate surface area is 115 Å². The fourth-order valence-corrected chi connectivity index (χ4v) is 2.22. The summed E-state index contributed by atoms with van der Waals surface area (Å²) in [4.78, 5) is 11.7. The number of unbranched alkanes of at least 4 members (excludes halogenated alkanes) is 5. The number of nitrogens with one attached hydrogen (secondary N) is 1. The number of rotatable bonds is 10. The van der Waals surface area contributed by atoms with Gasteiger partial charge in [0, 0.05) is 17.3 Å². The van der Waals surface area contributed by atoms with E-state index in [4.69, 9.17) is 0 Å². The maximum atomic E-state index is 11.7. The molecule has 0 aromatic heterocycles. The number of alkyl halides is 1. The molecule has 0 bridgehead atoms. The van der Waals surface area contributed by atoms with E-state index in [1.54, 1.807) is 0 Å². The summed E-state index contributed by atoms with van der Waals surface area (Å²) >= 11 is 3.46. The third kappa shape index (κ3) is 8.64. The van der Waals surface area contributed by atoms with Gasteiger partial charge in [0.25, 0.3) is 0 Å². The van der Waals surface area contributed by atoms with E-state index < -0.39 is 0 Å². The molecule has 2 nitrogen and oxygen atoms in total. The molecule has 0 rings (SSSR count). The Kier molecular flexibility index (Phi) is 9.90. The van der Waals surface area contributed by atoms with E-state index in [1.165, 1.54) is 32.1 Å². The van der Waals surface area contributed by atoms with E-state index in [9.17, 15) is 4.79 Å². The molecule has 0 radical (unpaired) electrons. The van der Waals surface area contributed by atoms with Crippen molar-refractivity contribution in [3.05, 3.63) is 0 Å². The van der Waals surface area contributed by atoms with Crippen molar-refractivity contribution in [2.45, 2.75) is 77.7 Å². The Balaban J connectivity index is 3.59. The maximum Gasteiger partial charge on any atom is 0.220 e. The Morgan fingerprint density at radius 3 is 2.24 bits per heavy atom. The fraction of sp³-hybridized carbons (Fsp3) is 0.929. The van der Waals surface area contributed by atoms with Crippen molar-refractivity contribution in [3.8, 4) is 0 Å². The summed E-state index contributed by atoms with van der Waals surface area (Å²) < 4.78 is 0. The largest absolute Gasteiger partial charge is 0.350 e. The number of hydrogen-bond donors (Lipinski definition) is 1. The van der Waals surface area contributed by atoms with Gasteiger partial charge in [-0.15, -0.1) is 0 Å². The van der Waals surface area contributed by atoms with Gasteiger partial charge >= 0.3 is 0 Å². The minimum atomic E-state index is -0.0840. The first-order chi connectivity index (χ1) is 8.08. The molecule has 17 heavy (non-hydrogen) atoms. The normalized spacial score (nSPS) is 14.4. The summed E-state index contributed by atoms with van der Waals surface area (Å²) in [7, 11) is 0. The van der Waals surface area contributed by atoms with Gasteiger partial charge in [-0.05, 0) is 19.8 Å². The van der Waals surface area contributed by atoms with Crippen molar-refractivity contribution in [1.29, 1.82) is 0 Å². The highest BCUT2D eigenvalue weighted by atomic mass is 79.9. The highest BCUT2D eigenvalue weighted by Gasteiger charge is 2.22. The van der Waals surface area contributed by atoms with Gasteiger partial charge in [0.15, 0.2) is 0 Å². The van der Waals surface area contributed by atoms with Gasteiger partial charge < -0.3 is 5.32 Å². The average Bonchev–Trinajstić information content (AvgIpc) is 2.33. The van der Waals surface area contributed by atoms with E-state index in [0.717, 1.165) is 18.2 Å². The number of carbonyl (C=O) groups excluding carboxylic acids is 1. The molecule has 0 heterocycles. The monoisotopic (exact) mass is 305 g/mol. The van der Waals surface area contributed by atoms with Crippen molar-refractivity contribution in [2.75, 3.05) is 5.33 Å². The fourth-order valence-electron chi connectivity index (χ4n) is 1.68. The Morgan fingerprint density at radius 2 is 1.71 bits per heavy atom. The number of carbonyl (C=O) groups is 1.